The van der Waals surface area contributed by atoms with Gasteiger partial charge in [0.1, 0.15) is 0 Å². The molecule has 5 aromatic rings. The van der Waals surface area contributed by atoms with Crippen LogP contribution in [-0.4, -0.2) is 34.1 Å². The van der Waals surface area contributed by atoms with Gasteiger partial charge in [-0.05, 0) is 53.6 Å². The lowest BCUT2D eigenvalue weighted by atomic mass is 10.0. The smallest absolute Gasteiger partial charge is 0.291 e. The number of phenols is 1. The number of hydrogen-bond acceptors (Lipinski definition) is 5. The van der Waals surface area contributed by atoms with E-state index in [9.17, 15) is 9.90 Å². The fraction of sp³-hybridized carbons (Fsp3) is 0.0690. The molecule has 5 rings (SSSR count). The van der Waals surface area contributed by atoms with Gasteiger partial charge < -0.3 is 9.84 Å². The van der Waals surface area contributed by atoms with Crippen LogP contribution in [0.1, 0.15) is 21.6 Å². The number of fused-ring (bicyclic) bond motifs is 1. The minimum atomic E-state index is -0.469. The fourth-order valence-electron chi connectivity index (χ4n) is 4.06. The Morgan fingerprint density at radius 1 is 0.972 bits per heavy atom. The van der Waals surface area contributed by atoms with Crippen molar-refractivity contribution in [3.8, 4) is 28.4 Å². The first-order valence-corrected chi connectivity index (χ1v) is 11.4. The number of methoxy groups -OCH3 is 1. The maximum Gasteiger partial charge on any atom is 0.291 e. The van der Waals surface area contributed by atoms with Gasteiger partial charge in [-0.15, -0.1) is 0 Å². The number of nitrogens with one attached hydrogen (secondary N) is 1. The van der Waals surface area contributed by atoms with Crippen LogP contribution in [0.4, 0.5) is 0 Å². The van der Waals surface area contributed by atoms with Crippen LogP contribution in [0.5, 0.6) is 11.5 Å². The van der Waals surface area contributed by atoms with Crippen molar-refractivity contribution < 1.29 is 14.6 Å². The van der Waals surface area contributed by atoms with Crippen LogP contribution in [0.25, 0.3) is 27.7 Å². The van der Waals surface area contributed by atoms with Crippen molar-refractivity contribution in [2.45, 2.75) is 6.92 Å². The van der Waals surface area contributed by atoms with Crippen molar-refractivity contribution in [1.82, 2.24) is 15.2 Å². The van der Waals surface area contributed by atoms with Crippen molar-refractivity contribution in [3.05, 3.63) is 108 Å². The summed E-state index contributed by atoms with van der Waals surface area (Å²) in [4.78, 5) is 13.0. The number of aromatic nitrogens is 2. The summed E-state index contributed by atoms with van der Waals surface area (Å²) in [5.74, 6) is -0.203. The van der Waals surface area contributed by atoms with Gasteiger partial charge in [-0.2, -0.15) is 10.2 Å². The number of nitrogens with zero attached hydrogens (tertiary/aromatic N) is 3. The molecule has 0 fully saturated rings. The number of benzene rings is 4. The maximum atomic E-state index is 13.0. The number of hydrogen-bond donors (Lipinski definition) is 2. The summed E-state index contributed by atoms with van der Waals surface area (Å²) < 4.78 is 6.89. The molecule has 0 spiro atoms. The van der Waals surface area contributed by atoms with E-state index >= 15 is 0 Å². The molecule has 7 nitrogen and oxygen atoms in total. The number of aryl methyl sites for hydroxylation is 1. The van der Waals surface area contributed by atoms with Gasteiger partial charge in [-0.3, -0.25) is 4.79 Å². The van der Waals surface area contributed by atoms with Gasteiger partial charge in [0.15, 0.2) is 17.2 Å². The molecule has 0 unspecified atom stereocenters. The predicted molar refractivity (Wildman–Crippen MR) is 141 cm³/mol. The summed E-state index contributed by atoms with van der Waals surface area (Å²) in [6.07, 6.45) is 1.36. The predicted octanol–water partition coefficient (Wildman–Crippen LogP) is 5.48. The molecule has 0 aliphatic heterocycles. The number of carbonyl (C=O) groups is 1. The first-order chi connectivity index (χ1) is 17.5. The number of para-hydroxylation sites is 2. The molecule has 7 heteroatoms. The number of phenolic OH excluding ortho intramolecular Hbond substituents is 1. The molecule has 0 saturated carbocycles. The maximum absolute atomic E-state index is 13.0. The number of hydrazone groups is 1. The summed E-state index contributed by atoms with van der Waals surface area (Å²) >= 11 is 0. The lowest BCUT2D eigenvalue weighted by Crippen LogP contribution is -2.18. The molecule has 0 saturated heterocycles. The van der Waals surface area contributed by atoms with Gasteiger partial charge >= 0.3 is 0 Å². The van der Waals surface area contributed by atoms with Crippen LogP contribution in [0, 0.1) is 6.92 Å². The van der Waals surface area contributed by atoms with E-state index in [4.69, 9.17) is 4.74 Å². The van der Waals surface area contributed by atoms with Crippen LogP contribution in [0.2, 0.25) is 0 Å². The van der Waals surface area contributed by atoms with E-state index in [-0.39, 0.29) is 11.4 Å². The van der Waals surface area contributed by atoms with E-state index < -0.39 is 5.91 Å². The largest absolute Gasteiger partial charge is 0.504 e. The molecular formula is C29H24N4O3. The Kier molecular flexibility index (Phi) is 6.19. The average Bonchev–Trinajstić information content (AvgIpc) is 3.35. The van der Waals surface area contributed by atoms with Crippen molar-refractivity contribution in [1.29, 1.82) is 0 Å². The van der Waals surface area contributed by atoms with Gasteiger partial charge in [0, 0.05) is 11.1 Å². The zero-order valence-electron chi connectivity index (χ0n) is 19.8. The van der Waals surface area contributed by atoms with Crippen LogP contribution in [0.15, 0.2) is 96.1 Å². The van der Waals surface area contributed by atoms with Gasteiger partial charge in [-0.25, -0.2) is 10.1 Å². The standard InChI is InChI=1S/C29H24N4O3/c1-19-8-3-6-12-25(19)33-26(22-15-14-20-9-4-5-10-21(20)16-22)17-24(32-33)29(35)31-30-18-23-11-7-13-27(36-2)28(23)34/h3-18,34H,1-2H3,(H,31,35)/b30-18-. The highest BCUT2D eigenvalue weighted by Crippen LogP contribution is 2.29. The van der Waals surface area contributed by atoms with Crippen molar-refractivity contribution >= 4 is 22.9 Å². The Labute approximate surface area is 208 Å². The Bertz CT molecular complexity index is 1600. The van der Waals surface area contributed by atoms with Crippen molar-refractivity contribution in [2.24, 2.45) is 5.10 Å². The number of ether oxygens (including phenoxy) is 1. The Morgan fingerprint density at radius 3 is 2.56 bits per heavy atom. The Balaban J connectivity index is 1.50. The first-order valence-electron chi connectivity index (χ1n) is 11.4. The first kappa shape index (κ1) is 22.9. The number of amides is 1. The molecule has 4 aromatic carbocycles. The molecular weight excluding hydrogens is 452 g/mol. The third-order valence-corrected chi connectivity index (χ3v) is 5.95. The lowest BCUT2D eigenvalue weighted by molar-refractivity contribution is 0.0949. The summed E-state index contributed by atoms with van der Waals surface area (Å²) in [5, 5.41) is 21.1. The molecule has 1 heterocycles. The molecule has 2 N–H and O–H groups in total. The summed E-state index contributed by atoms with van der Waals surface area (Å²) in [7, 11) is 1.47. The highest BCUT2D eigenvalue weighted by molar-refractivity contribution is 5.95. The van der Waals surface area contributed by atoms with Gasteiger partial charge in [0.2, 0.25) is 0 Å². The molecule has 0 atom stereocenters. The van der Waals surface area contributed by atoms with Gasteiger partial charge in [0.05, 0.1) is 24.7 Å². The quantitative estimate of drug-likeness (QED) is 0.251. The number of rotatable bonds is 6. The number of aromatic hydroxyl groups is 1. The molecule has 1 amide bonds. The summed E-state index contributed by atoms with van der Waals surface area (Å²) in [6, 6.07) is 29.0. The lowest BCUT2D eigenvalue weighted by Gasteiger charge is -2.11. The molecule has 0 aliphatic rings. The third kappa shape index (κ3) is 4.42. The van der Waals surface area contributed by atoms with E-state index in [0.717, 1.165) is 33.3 Å². The van der Waals surface area contributed by atoms with Gasteiger partial charge in [-0.1, -0.05) is 60.7 Å². The molecule has 0 radical (unpaired) electrons. The van der Waals surface area contributed by atoms with Crippen molar-refractivity contribution in [2.75, 3.05) is 7.11 Å². The second-order valence-electron chi connectivity index (χ2n) is 8.27. The van der Waals surface area contributed by atoms with Crippen LogP contribution >= 0.6 is 0 Å². The van der Waals surface area contributed by atoms with E-state index in [1.165, 1.54) is 13.3 Å². The zero-order valence-corrected chi connectivity index (χ0v) is 19.8. The SMILES string of the molecule is COc1cccc(/C=N\NC(=O)c2cc(-c3ccc4ccccc4c3)n(-c3ccccc3C)n2)c1O. The Morgan fingerprint density at radius 2 is 1.75 bits per heavy atom. The summed E-state index contributed by atoms with van der Waals surface area (Å²) in [6.45, 7) is 2.01. The third-order valence-electron chi connectivity index (χ3n) is 5.95. The van der Waals surface area contributed by atoms with E-state index in [2.05, 4.69) is 39.9 Å². The van der Waals surface area contributed by atoms with E-state index in [1.807, 2.05) is 49.4 Å². The van der Waals surface area contributed by atoms with Crippen LogP contribution < -0.4 is 10.2 Å². The molecule has 0 bridgehead atoms. The Hall–Kier alpha value is -4.91. The normalized spacial score (nSPS) is 11.2. The fourth-order valence-corrected chi connectivity index (χ4v) is 4.06. The van der Waals surface area contributed by atoms with Crippen molar-refractivity contribution in [3.63, 3.8) is 0 Å². The topological polar surface area (TPSA) is 88.7 Å². The molecule has 0 aliphatic carbocycles. The van der Waals surface area contributed by atoms with Gasteiger partial charge in [0.25, 0.3) is 5.91 Å². The average molecular weight is 477 g/mol. The van der Waals surface area contributed by atoms with Crippen LogP contribution in [-0.2, 0) is 0 Å². The van der Waals surface area contributed by atoms with E-state index in [0.29, 0.717) is 11.3 Å². The second-order valence-corrected chi connectivity index (χ2v) is 8.27. The highest BCUT2D eigenvalue weighted by Gasteiger charge is 2.18. The summed E-state index contributed by atoms with van der Waals surface area (Å²) in [5.41, 5.74) is 6.77. The second kappa shape index (κ2) is 9.76. The monoisotopic (exact) mass is 476 g/mol. The van der Waals surface area contributed by atoms with E-state index in [1.54, 1.807) is 28.9 Å². The minimum absolute atomic E-state index is 0.0552. The molecule has 1 aromatic heterocycles. The van der Waals surface area contributed by atoms with Crippen LogP contribution in [0.3, 0.4) is 0 Å². The number of carbonyl (C=O) groups excluding carboxylic acids is 1. The highest BCUT2D eigenvalue weighted by atomic mass is 16.5. The molecule has 36 heavy (non-hydrogen) atoms. The zero-order chi connectivity index (χ0) is 25.1. The molecule has 178 valence electrons. The minimum Gasteiger partial charge on any atom is -0.504 e.